The van der Waals surface area contributed by atoms with Gasteiger partial charge in [0.15, 0.2) is 0 Å². The highest BCUT2D eigenvalue weighted by molar-refractivity contribution is 9.10. The molecule has 4 heteroatoms. The van der Waals surface area contributed by atoms with Gasteiger partial charge < -0.3 is 0 Å². The van der Waals surface area contributed by atoms with Crippen LogP contribution in [0, 0.1) is 5.41 Å². The lowest BCUT2D eigenvalue weighted by atomic mass is 9.51. The number of halogens is 1. The van der Waals surface area contributed by atoms with Crippen LogP contribution >= 0.6 is 15.9 Å². The Bertz CT molecular complexity index is 1160. The third-order valence-corrected chi connectivity index (χ3v) is 7.39. The zero-order valence-corrected chi connectivity index (χ0v) is 17.2. The van der Waals surface area contributed by atoms with Crippen molar-refractivity contribution in [3.63, 3.8) is 0 Å². The van der Waals surface area contributed by atoms with Gasteiger partial charge in [0.25, 0.3) is 0 Å². The highest BCUT2D eigenvalue weighted by Crippen LogP contribution is 2.64. The lowest BCUT2D eigenvalue weighted by Gasteiger charge is -2.50. The van der Waals surface area contributed by atoms with Crippen LogP contribution < -0.4 is 4.90 Å². The fraction of sp³-hybridized carbons (Fsp3) is 0.200. The van der Waals surface area contributed by atoms with Gasteiger partial charge in [-0.2, -0.15) is 0 Å². The number of rotatable bonds is 1. The molecule has 142 valence electrons. The van der Waals surface area contributed by atoms with Gasteiger partial charge in [-0.15, -0.1) is 0 Å². The van der Waals surface area contributed by atoms with E-state index in [-0.39, 0.29) is 30.1 Å². The number of carbonyl (C=O) groups excluding carboxylic acids is 2. The highest BCUT2D eigenvalue weighted by atomic mass is 79.9. The van der Waals surface area contributed by atoms with E-state index < -0.39 is 5.41 Å². The van der Waals surface area contributed by atoms with Crippen molar-refractivity contribution in [1.82, 2.24) is 0 Å². The van der Waals surface area contributed by atoms with E-state index in [2.05, 4.69) is 52.3 Å². The summed E-state index contributed by atoms with van der Waals surface area (Å²) in [6.07, 6.45) is 0.961. The molecule has 0 radical (unpaired) electrons. The van der Waals surface area contributed by atoms with Gasteiger partial charge in [0.05, 0.1) is 11.1 Å². The quantitative estimate of drug-likeness (QED) is 0.473. The van der Waals surface area contributed by atoms with Crippen LogP contribution in [0.5, 0.6) is 0 Å². The van der Waals surface area contributed by atoms with Gasteiger partial charge in [-0.1, -0.05) is 70.5 Å². The van der Waals surface area contributed by atoms with Crippen molar-refractivity contribution in [3.05, 3.63) is 99.5 Å². The molecule has 1 aliphatic heterocycles. The molecule has 3 aliphatic carbocycles. The molecule has 4 aliphatic rings. The molecule has 0 unspecified atom stereocenters. The summed E-state index contributed by atoms with van der Waals surface area (Å²) in [6.45, 7) is 0. The Morgan fingerprint density at radius 3 is 2.07 bits per heavy atom. The lowest BCUT2D eigenvalue weighted by molar-refractivity contribution is -0.127. The molecule has 0 aromatic heterocycles. The summed E-state index contributed by atoms with van der Waals surface area (Å²) in [5.41, 5.74) is 4.98. The van der Waals surface area contributed by atoms with Gasteiger partial charge in [-0.3, -0.25) is 9.59 Å². The molecule has 1 heterocycles. The Morgan fingerprint density at radius 1 is 0.828 bits per heavy atom. The van der Waals surface area contributed by atoms with Crippen molar-refractivity contribution in [2.45, 2.75) is 24.7 Å². The average molecular weight is 444 g/mol. The molecule has 0 N–H and O–H groups in total. The predicted molar refractivity (Wildman–Crippen MR) is 115 cm³/mol. The van der Waals surface area contributed by atoms with Crippen molar-refractivity contribution in [2.75, 3.05) is 4.90 Å². The fourth-order valence-electron chi connectivity index (χ4n) is 5.84. The van der Waals surface area contributed by atoms with Crippen LogP contribution in [0.4, 0.5) is 5.69 Å². The van der Waals surface area contributed by atoms with Crippen molar-refractivity contribution in [2.24, 2.45) is 5.41 Å². The zero-order valence-electron chi connectivity index (χ0n) is 15.6. The van der Waals surface area contributed by atoms with Gasteiger partial charge >= 0.3 is 0 Å². The summed E-state index contributed by atoms with van der Waals surface area (Å²) >= 11 is 3.46. The van der Waals surface area contributed by atoms with E-state index in [4.69, 9.17) is 0 Å². The topological polar surface area (TPSA) is 37.4 Å². The summed E-state index contributed by atoms with van der Waals surface area (Å²) in [4.78, 5) is 28.5. The van der Waals surface area contributed by atoms with E-state index in [0.717, 1.165) is 4.47 Å². The molecule has 3 aromatic carbocycles. The normalized spacial score (nSPS) is 26.7. The van der Waals surface area contributed by atoms with Gasteiger partial charge in [0.1, 0.15) is 0 Å². The van der Waals surface area contributed by atoms with Crippen LogP contribution in [-0.4, -0.2) is 11.8 Å². The molecule has 1 fully saturated rings. The number of carbonyl (C=O) groups is 2. The molecule has 7 rings (SSSR count). The minimum atomic E-state index is -0.702. The van der Waals surface area contributed by atoms with Crippen molar-refractivity contribution >= 4 is 33.4 Å². The number of nitrogens with zero attached hydrogens (tertiary/aromatic N) is 1. The number of amides is 2. The fourth-order valence-corrected chi connectivity index (χ4v) is 6.22. The van der Waals surface area contributed by atoms with E-state index in [1.807, 2.05) is 36.4 Å². The first-order chi connectivity index (χ1) is 14.1. The van der Waals surface area contributed by atoms with Crippen LogP contribution in [0.1, 0.15) is 46.9 Å². The Hall–Kier alpha value is -2.72. The molecule has 3 aromatic rings. The number of benzene rings is 3. The largest absolute Gasteiger partial charge is 0.274 e. The molecular formula is C25H18BrNO2. The monoisotopic (exact) mass is 443 g/mol. The highest BCUT2D eigenvalue weighted by Gasteiger charge is 2.62. The smallest absolute Gasteiger partial charge is 0.241 e. The number of imide groups is 1. The van der Waals surface area contributed by atoms with Gasteiger partial charge in [-0.25, -0.2) is 4.90 Å². The van der Waals surface area contributed by atoms with E-state index >= 15 is 0 Å². The van der Waals surface area contributed by atoms with Crippen LogP contribution in [-0.2, 0) is 9.59 Å². The Balaban J connectivity index is 1.55. The molecule has 1 atom stereocenters. The second-order valence-corrected chi connectivity index (χ2v) is 9.21. The first-order valence-electron chi connectivity index (χ1n) is 9.91. The SMILES string of the molecule is O=C1C[C@@]2(CC3c4ccccc4C2c2ccccc23)C(=O)N1c1cccc(Br)c1. The predicted octanol–water partition coefficient (Wildman–Crippen LogP) is 5.38. The van der Waals surface area contributed by atoms with E-state index in [1.165, 1.54) is 27.2 Å². The number of hydrogen-bond acceptors (Lipinski definition) is 2. The van der Waals surface area contributed by atoms with E-state index in [0.29, 0.717) is 12.1 Å². The summed E-state index contributed by atoms with van der Waals surface area (Å²) in [5.74, 6) is -0.0738. The van der Waals surface area contributed by atoms with E-state index in [1.54, 1.807) is 0 Å². The first-order valence-corrected chi connectivity index (χ1v) is 10.7. The van der Waals surface area contributed by atoms with Crippen LogP contribution in [0.25, 0.3) is 0 Å². The number of anilines is 1. The zero-order chi connectivity index (χ0) is 19.8. The summed E-state index contributed by atoms with van der Waals surface area (Å²) in [6, 6.07) is 24.3. The first kappa shape index (κ1) is 17.2. The second kappa shape index (κ2) is 5.90. The molecule has 2 bridgehead atoms. The molecule has 29 heavy (non-hydrogen) atoms. The van der Waals surface area contributed by atoms with Crippen molar-refractivity contribution < 1.29 is 9.59 Å². The summed E-state index contributed by atoms with van der Waals surface area (Å²) < 4.78 is 0.859. The minimum Gasteiger partial charge on any atom is -0.274 e. The molecule has 0 saturated carbocycles. The summed E-state index contributed by atoms with van der Waals surface area (Å²) in [7, 11) is 0. The third-order valence-electron chi connectivity index (χ3n) is 6.90. The van der Waals surface area contributed by atoms with Gasteiger partial charge in [-0.05, 0) is 46.9 Å². The molecule has 2 amide bonds. The maximum absolute atomic E-state index is 13.9. The Labute approximate surface area is 177 Å². The summed E-state index contributed by atoms with van der Waals surface area (Å²) in [5, 5.41) is 0. The average Bonchev–Trinajstić information content (AvgIpc) is 2.97. The maximum atomic E-state index is 13.9. The third kappa shape index (κ3) is 2.18. The standard InChI is InChI=1S/C25H18BrNO2/c26-15-6-5-7-16(12-15)27-22(28)14-25(24(27)29)13-21-17-8-1-3-10-19(17)23(25)20-11-4-2-9-18(20)21/h1-12,21,23H,13-14H2/t21?,23?,25-/m1/s1. The molecule has 1 saturated heterocycles. The molecule has 3 nitrogen and oxygen atoms in total. The second-order valence-electron chi connectivity index (χ2n) is 8.29. The van der Waals surface area contributed by atoms with Crippen molar-refractivity contribution in [3.8, 4) is 0 Å². The minimum absolute atomic E-state index is 0.0559. The van der Waals surface area contributed by atoms with Gasteiger partial charge in [0, 0.05) is 22.7 Å². The maximum Gasteiger partial charge on any atom is 0.241 e. The van der Waals surface area contributed by atoms with Crippen LogP contribution in [0.2, 0.25) is 0 Å². The molecule has 1 spiro atoms. The lowest BCUT2D eigenvalue weighted by Crippen LogP contribution is -2.47. The van der Waals surface area contributed by atoms with Crippen molar-refractivity contribution in [1.29, 1.82) is 0 Å². The Morgan fingerprint density at radius 2 is 1.45 bits per heavy atom. The Kier molecular flexibility index (Phi) is 3.49. The van der Waals surface area contributed by atoms with Gasteiger partial charge in [0.2, 0.25) is 11.8 Å². The van der Waals surface area contributed by atoms with Crippen LogP contribution in [0.3, 0.4) is 0 Å². The van der Waals surface area contributed by atoms with Crippen LogP contribution in [0.15, 0.2) is 77.3 Å². The number of hydrogen-bond donors (Lipinski definition) is 0. The molecular weight excluding hydrogens is 426 g/mol. The van der Waals surface area contributed by atoms with E-state index in [9.17, 15) is 9.59 Å².